The lowest BCUT2D eigenvalue weighted by molar-refractivity contribution is 0.241. The molecule has 3 atom stereocenters. The molecule has 2 aliphatic rings. The third kappa shape index (κ3) is 2.00. The number of nitrogens with one attached hydrogen (secondary N) is 1. The van der Waals surface area contributed by atoms with E-state index in [-0.39, 0.29) is 0 Å². The van der Waals surface area contributed by atoms with Crippen molar-refractivity contribution in [3.63, 3.8) is 0 Å². The van der Waals surface area contributed by atoms with Crippen molar-refractivity contribution in [2.75, 3.05) is 26.2 Å². The first-order valence-corrected chi connectivity index (χ1v) is 6.67. The Hall–Kier alpha value is -0.870. The summed E-state index contributed by atoms with van der Waals surface area (Å²) < 4.78 is 1.99. The molecule has 0 bridgehead atoms. The fourth-order valence-electron chi connectivity index (χ4n) is 3.46. The van der Waals surface area contributed by atoms with Gasteiger partial charge in [0.1, 0.15) is 0 Å². The molecule has 0 spiro atoms. The number of nitrogens with zero attached hydrogens (tertiary/aromatic N) is 3. The highest BCUT2D eigenvalue weighted by Gasteiger charge is 2.41. The van der Waals surface area contributed by atoms with Gasteiger partial charge in [0.25, 0.3) is 0 Å². The van der Waals surface area contributed by atoms with Crippen LogP contribution in [0.2, 0.25) is 0 Å². The molecule has 3 heterocycles. The highest BCUT2D eigenvalue weighted by atomic mass is 15.3. The minimum atomic E-state index is 0.739. The monoisotopic (exact) mass is 234 g/mol. The lowest BCUT2D eigenvalue weighted by atomic mass is 9.95. The molecule has 1 aromatic rings. The van der Waals surface area contributed by atoms with E-state index < -0.39 is 0 Å². The Kier molecular flexibility index (Phi) is 2.92. The highest BCUT2D eigenvalue weighted by molar-refractivity contribution is 5.02. The zero-order chi connectivity index (χ0) is 11.8. The lowest BCUT2D eigenvalue weighted by Gasteiger charge is -2.24. The van der Waals surface area contributed by atoms with Gasteiger partial charge in [-0.3, -0.25) is 9.58 Å². The number of hydrogen-bond acceptors (Lipinski definition) is 3. The summed E-state index contributed by atoms with van der Waals surface area (Å²) in [6, 6.07) is 2.87. The molecule has 0 aromatic carbocycles. The van der Waals surface area contributed by atoms with E-state index in [1.807, 2.05) is 17.9 Å². The SMILES string of the molecule is CC1C2CNCC2CN1CCc1ccnn1C. The van der Waals surface area contributed by atoms with Gasteiger partial charge in [0.15, 0.2) is 0 Å². The molecule has 94 valence electrons. The van der Waals surface area contributed by atoms with Crippen LogP contribution in [-0.4, -0.2) is 46.9 Å². The molecule has 0 aliphatic carbocycles. The van der Waals surface area contributed by atoms with Crippen LogP contribution in [0.3, 0.4) is 0 Å². The van der Waals surface area contributed by atoms with Gasteiger partial charge in [-0.2, -0.15) is 5.10 Å². The lowest BCUT2D eigenvalue weighted by Crippen LogP contribution is -2.34. The number of fused-ring (bicyclic) bond motifs is 1. The molecule has 4 nitrogen and oxygen atoms in total. The van der Waals surface area contributed by atoms with Crippen molar-refractivity contribution in [1.82, 2.24) is 20.0 Å². The minimum Gasteiger partial charge on any atom is -0.316 e. The van der Waals surface area contributed by atoms with Crippen molar-refractivity contribution >= 4 is 0 Å². The van der Waals surface area contributed by atoms with Crippen LogP contribution in [0.15, 0.2) is 12.3 Å². The molecule has 17 heavy (non-hydrogen) atoms. The predicted octanol–water partition coefficient (Wildman–Crippen LogP) is 0.502. The molecule has 1 N–H and O–H groups in total. The molecule has 4 heteroatoms. The maximum atomic E-state index is 4.23. The van der Waals surface area contributed by atoms with Crippen LogP contribution in [0.5, 0.6) is 0 Å². The van der Waals surface area contributed by atoms with Crippen molar-refractivity contribution in [3.05, 3.63) is 18.0 Å². The fraction of sp³-hybridized carbons (Fsp3) is 0.769. The van der Waals surface area contributed by atoms with E-state index >= 15 is 0 Å². The average molecular weight is 234 g/mol. The first kappa shape index (κ1) is 11.2. The molecule has 3 rings (SSSR count). The quantitative estimate of drug-likeness (QED) is 0.827. The molecule has 0 radical (unpaired) electrons. The van der Waals surface area contributed by atoms with Gasteiger partial charge >= 0.3 is 0 Å². The van der Waals surface area contributed by atoms with Crippen molar-refractivity contribution in [1.29, 1.82) is 0 Å². The van der Waals surface area contributed by atoms with Crippen molar-refractivity contribution in [3.8, 4) is 0 Å². The van der Waals surface area contributed by atoms with Crippen LogP contribution in [0.4, 0.5) is 0 Å². The van der Waals surface area contributed by atoms with Crippen molar-refractivity contribution in [2.45, 2.75) is 19.4 Å². The van der Waals surface area contributed by atoms with Gasteiger partial charge in [0.2, 0.25) is 0 Å². The van der Waals surface area contributed by atoms with E-state index in [4.69, 9.17) is 0 Å². The summed E-state index contributed by atoms with van der Waals surface area (Å²) in [5.41, 5.74) is 1.34. The first-order valence-electron chi connectivity index (χ1n) is 6.67. The molecule has 0 amide bonds. The molecule has 3 unspecified atom stereocenters. The van der Waals surface area contributed by atoms with Crippen LogP contribution in [-0.2, 0) is 13.5 Å². The van der Waals surface area contributed by atoms with E-state index in [0.717, 1.165) is 24.3 Å². The van der Waals surface area contributed by atoms with Gasteiger partial charge in [-0.05, 0) is 37.9 Å². The summed E-state index contributed by atoms with van der Waals surface area (Å²) in [6.07, 6.45) is 3.01. The number of aryl methyl sites for hydroxylation is 1. The van der Waals surface area contributed by atoms with Gasteiger partial charge in [-0.1, -0.05) is 0 Å². The van der Waals surface area contributed by atoms with Crippen molar-refractivity contribution < 1.29 is 0 Å². The van der Waals surface area contributed by atoms with Crippen LogP contribution in [0.25, 0.3) is 0 Å². The summed E-state index contributed by atoms with van der Waals surface area (Å²) in [7, 11) is 2.03. The summed E-state index contributed by atoms with van der Waals surface area (Å²) >= 11 is 0. The third-order valence-electron chi connectivity index (χ3n) is 4.63. The predicted molar refractivity (Wildman–Crippen MR) is 67.8 cm³/mol. The normalized spacial score (nSPS) is 33.2. The molecule has 0 saturated carbocycles. The number of hydrogen-bond donors (Lipinski definition) is 1. The highest BCUT2D eigenvalue weighted by Crippen LogP contribution is 2.32. The Morgan fingerprint density at radius 2 is 2.35 bits per heavy atom. The van der Waals surface area contributed by atoms with E-state index in [9.17, 15) is 0 Å². The fourth-order valence-corrected chi connectivity index (χ4v) is 3.46. The Labute approximate surface area is 103 Å². The Balaban J connectivity index is 1.58. The Morgan fingerprint density at radius 1 is 1.47 bits per heavy atom. The van der Waals surface area contributed by atoms with Gasteiger partial charge in [-0.25, -0.2) is 0 Å². The van der Waals surface area contributed by atoms with Crippen LogP contribution < -0.4 is 5.32 Å². The second-order valence-electron chi connectivity index (χ2n) is 5.51. The second kappa shape index (κ2) is 4.42. The Morgan fingerprint density at radius 3 is 3.06 bits per heavy atom. The van der Waals surface area contributed by atoms with E-state index in [1.165, 1.54) is 31.9 Å². The van der Waals surface area contributed by atoms with Gasteiger partial charge in [0, 0.05) is 44.5 Å². The molecule has 1 aromatic heterocycles. The second-order valence-corrected chi connectivity index (χ2v) is 5.51. The maximum Gasteiger partial charge on any atom is 0.0492 e. The number of aromatic nitrogens is 2. The smallest absolute Gasteiger partial charge is 0.0492 e. The number of rotatable bonds is 3. The molecular weight excluding hydrogens is 212 g/mol. The molecule has 2 aliphatic heterocycles. The van der Waals surface area contributed by atoms with Gasteiger partial charge in [-0.15, -0.1) is 0 Å². The largest absolute Gasteiger partial charge is 0.316 e. The van der Waals surface area contributed by atoms with Gasteiger partial charge in [0.05, 0.1) is 0 Å². The minimum absolute atomic E-state index is 0.739. The van der Waals surface area contributed by atoms with E-state index in [1.54, 1.807) is 0 Å². The van der Waals surface area contributed by atoms with Crippen LogP contribution in [0, 0.1) is 11.8 Å². The summed E-state index contributed by atoms with van der Waals surface area (Å²) in [5, 5.41) is 7.74. The topological polar surface area (TPSA) is 33.1 Å². The van der Waals surface area contributed by atoms with E-state index in [0.29, 0.717) is 0 Å². The zero-order valence-electron chi connectivity index (χ0n) is 10.8. The van der Waals surface area contributed by atoms with E-state index in [2.05, 4.69) is 28.3 Å². The Bertz CT molecular complexity index is 387. The summed E-state index contributed by atoms with van der Waals surface area (Å²) in [6.45, 7) is 7.27. The summed E-state index contributed by atoms with van der Waals surface area (Å²) in [5.74, 6) is 1.76. The molecule has 2 fully saturated rings. The van der Waals surface area contributed by atoms with Crippen LogP contribution in [0.1, 0.15) is 12.6 Å². The number of likely N-dealkylation sites (tertiary alicyclic amines) is 1. The standard InChI is InChI=1S/C13H22N4/c1-10-13-8-14-7-11(13)9-17(10)6-4-12-3-5-15-16(12)2/h3,5,10-11,13-14H,4,6-9H2,1-2H3. The van der Waals surface area contributed by atoms with Gasteiger partial charge < -0.3 is 5.32 Å². The zero-order valence-corrected chi connectivity index (χ0v) is 10.8. The maximum absolute atomic E-state index is 4.23. The molecule has 2 saturated heterocycles. The van der Waals surface area contributed by atoms with Crippen LogP contribution >= 0.6 is 0 Å². The van der Waals surface area contributed by atoms with Crippen molar-refractivity contribution in [2.24, 2.45) is 18.9 Å². The summed E-state index contributed by atoms with van der Waals surface area (Å²) in [4.78, 5) is 2.66. The third-order valence-corrected chi connectivity index (χ3v) is 4.63. The average Bonchev–Trinajstić information content (AvgIpc) is 2.97. The first-order chi connectivity index (χ1) is 8.25. The molecular formula is C13H22N4.